The molecule has 0 radical (unpaired) electrons. The fraction of sp³-hybridized carbons (Fsp3) is 0.0667. The number of fused-ring (bicyclic) bond motifs is 1. The summed E-state index contributed by atoms with van der Waals surface area (Å²) in [6, 6.07) is 14.0. The summed E-state index contributed by atoms with van der Waals surface area (Å²) in [7, 11) is 0. The fourth-order valence-electron chi connectivity index (χ4n) is 2.08. The van der Waals surface area contributed by atoms with E-state index in [0.29, 0.717) is 0 Å². The summed E-state index contributed by atoms with van der Waals surface area (Å²) in [4.78, 5) is 9.02. The third-order valence-electron chi connectivity index (χ3n) is 2.86. The summed E-state index contributed by atoms with van der Waals surface area (Å²) in [6.45, 7) is 4.54. The molecule has 0 aliphatic rings. The smallest absolute Gasteiger partial charge is 0.160 e. The van der Waals surface area contributed by atoms with E-state index < -0.39 is 0 Å². The molecule has 3 aromatic rings. The van der Waals surface area contributed by atoms with Gasteiger partial charge in [-0.2, -0.15) is 0 Å². The van der Waals surface area contributed by atoms with Crippen LogP contribution in [0.1, 0.15) is 0 Å². The van der Waals surface area contributed by atoms with E-state index in [1.165, 1.54) is 0 Å². The van der Waals surface area contributed by atoms with Crippen LogP contribution in [0.2, 0.25) is 0 Å². The van der Waals surface area contributed by atoms with Crippen molar-refractivity contribution in [2.75, 3.05) is 0 Å². The molecule has 0 unspecified atom stereocenters. The molecule has 0 amide bonds. The quantitative estimate of drug-likeness (QED) is 0.545. The first kappa shape index (κ1) is 13.7. The van der Waals surface area contributed by atoms with Gasteiger partial charge in [0, 0.05) is 34.5 Å². The van der Waals surface area contributed by atoms with Gasteiger partial charge >= 0.3 is 0 Å². The second kappa shape index (κ2) is 5.96. The van der Waals surface area contributed by atoms with Gasteiger partial charge in [0.1, 0.15) is 5.69 Å². The number of para-hydroxylation sites is 2. The van der Waals surface area contributed by atoms with Crippen molar-refractivity contribution in [1.82, 2.24) is 14.5 Å². The van der Waals surface area contributed by atoms with E-state index in [4.69, 9.17) is 0 Å². The minimum atomic E-state index is 0. The number of nitrogens with zero attached hydrogens (tertiary/aromatic N) is 3. The van der Waals surface area contributed by atoms with Gasteiger partial charge in [0.25, 0.3) is 0 Å². The first-order chi connectivity index (χ1) is 8.90. The predicted octanol–water partition coefficient (Wildman–Crippen LogP) is 3.28. The molecule has 3 nitrogen and oxygen atoms in total. The van der Waals surface area contributed by atoms with Gasteiger partial charge in [0.2, 0.25) is 0 Å². The largest absolute Gasteiger partial charge is 0.319 e. The van der Waals surface area contributed by atoms with Crippen LogP contribution in [0, 0.1) is 0 Å². The van der Waals surface area contributed by atoms with E-state index in [-0.39, 0.29) is 21.7 Å². The molecule has 92 valence electrons. The number of benzene rings is 1. The number of imidazole rings is 1. The molecule has 19 heavy (non-hydrogen) atoms. The second-order valence-corrected chi connectivity index (χ2v) is 4.04. The van der Waals surface area contributed by atoms with E-state index in [0.717, 1.165) is 29.1 Å². The maximum absolute atomic E-state index is 4.65. The Hall–Kier alpha value is -1.71. The topological polar surface area (TPSA) is 30.7 Å². The minimum absolute atomic E-state index is 0. The molecule has 3 rings (SSSR count). The van der Waals surface area contributed by atoms with Crippen LogP contribution in [0.25, 0.3) is 22.6 Å². The Morgan fingerprint density at radius 3 is 2.63 bits per heavy atom. The minimum Gasteiger partial charge on any atom is -0.319 e. The zero-order chi connectivity index (χ0) is 12.4. The third-order valence-corrected chi connectivity index (χ3v) is 2.86. The van der Waals surface area contributed by atoms with Crippen molar-refractivity contribution in [1.29, 1.82) is 0 Å². The van der Waals surface area contributed by atoms with Gasteiger partial charge in [-0.05, 0) is 24.3 Å². The van der Waals surface area contributed by atoms with E-state index in [9.17, 15) is 0 Å². The standard InChI is InChI=1S/C15H13N3.Ti/c1-2-11-18-14-9-4-3-7-12(14)17-15(18)13-8-5-6-10-16-13;/h2-10H,1,11H2;. The Kier molecular flexibility index (Phi) is 4.30. The van der Waals surface area contributed by atoms with Crippen LogP contribution in [0.3, 0.4) is 0 Å². The van der Waals surface area contributed by atoms with Crippen LogP contribution in [0.15, 0.2) is 61.3 Å². The molecular weight excluding hydrogens is 270 g/mol. The molecule has 0 fully saturated rings. The van der Waals surface area contributed by atoms with Gasteiger partial charge in [-0.15, -0.1) is 6.58 Å². The van der Waals surface area contributed by atoms with Crippen LogP contribution in [-0.2, 0) is 28.3 Å². The Bertz CT molecular complexity index is 689. The van der Waals surface area contributed by atoms with Crippen molar-refractivity contribution in [3.63, 3.8) is 0 Å². The average Bonchev–Trinajstić information content (AvgIpc) is 2.80. The van der Waals surface area contributed by atoms with Crippen LogP contribution in [0.4, 0.5) is 0 Å². The molecule has 0 bridgehead atoms. The molecule has 0 aliphatic heterocycles. The zero-order valence-electron chi connectivity index (χ0n) is 10.5. The number of pyridine rings is 1. The van der Waals surface area contributed by atoms with Crippen LogP contribution in [0.5, 0.6) is 0 Å². The molecule has 0 N–H and O–H groups in total. The predicted molar refractivity (Wildman–Crippen MR) is 73.2 cm³/mol. The molecule has 2 heterocycles. The maximum atomic E-state index is 4.65. The number of hydrogen-bond acceptors (Lipinski definition) is 2. The van der Waals surface area contributed by atoms with Gasteiger partial charge in [-0.3, -0.25) is 4.98 Å². The van der Waals surface area contributed by atoms with Crippen molar-refractivity contribution >= 4 is 11.0 Å². The Labute approximate surface area is 126 Å². The summed E-state index contributed by atoms with van der Waals surface area (Å²) < 4.78 is 2.13. The monoisotopic (exact) mass is 283 g/mol. The van der Waals surface area contributed by atoms with Gasteiger partial charge in [-0.25, -0.2) is 4.98 Å². The van der Waals surface area contributed by atoms with Crippen molar-refractivity contribution in [2.24, 2.45) is 0 Å². The Morgan fingerprint density at radius 1 is 1.11 bits per heavy atom. The normalized spacial score (nSPS) is 10.1. The van der Waals surface area contributed by atoms with Crippen LogP contribution < -0.4 is 0 Å². The SMILES string of the molecule is C=CCn1c(-c2ccccn2)nc2ccccc21.[Ti]. The first-order valence-electron chi connectivity index (χ1n) is 5.87. The molecule has 1 aromatic carbocycles. The molecule has 0 saturated carbocycles. The molecule has 4 heteroatoms. The third kappa shape index (κ3) is 2.53. The summed E-state index contributed by atoms with van der Waals surface area (Å²) in [5.41, 5.74) is 2.98. The van der Waals surface area contributed by atoms with E-state index in [1.54, 1.807) is 6.20 Å². The molecule has 2 aromatic heterocycles. The van der Waals surface area contributed by atoms with Gasteiger partial charge in [0.15, 0.2) is 5.82 Å². The number of allylic oxidation sites excluding steroid dienone is 1. The van der Waals surface area contributed by atoms with Crippen LogP contribution in [-0.4, -0.2) is 14.5 Å². The van der Waals surface area contributed by atoms with Crippen LogP contribution >= 0.6 is 0 Å². The van der Waals surface area contributed by atoms with Gasteiger partial charge in [0.05, 0.1) is 11.0 Å². The van der Waals surface area contributed by atoms with E-state index >= 15 is 0 Å². The van der Waals surface area contributed by atoms with Gasteiger partial charge in [-0.1, -0.05) is 24.3 Å². The molecule has 0 spiro atoms. The summed E-state index contributed by atoms with van der Waals surface area (Å²) in [6.07, 6.45) is 3.66. The van der Waals surface area contributed by atoms with E-state index in [2.05, 4.69) is 27.2 Å². The number of aromatic nitrogens is 3. The van der Waals surface area contributed by atoms with Crippen molar-refractivity contribution in [3.05, 3.63) is 61.3 Å². The number of rotatable bonds is 3. The van der Waals surface area contributed by atoms with Crippen molar-refractivity contribution in [3.8, 4) is 11.5 Å². The first-order valence-corrected chi connectivity index (χ1v) is 5.87. The Balaban J connectivity index is 0.00000133. The zero-order valence-corrected chi connectivity index (χ0v) is 12.0. The second-order valence-electron chi connectivity index (χ2n) is 4.04. The van der Waals surface area contributed by atoms with Crippen molar-refractivity contribution < 1.29 is 21.7 Å². The fourth-order valence-corrected chi connectivity index (χ4v) is 2.08. The summed E-state index contributed by atoms with van der Waals surface area (Å²) in [5.74, 6) is 0.886. The summed E-state index contributed by atoms with van der Waals surface area (Å²) >= 11 is 0. The van der Waals surface area contributed by atoms with Gasteiger partial charge < -0.3 is 4.57 Å². The Morgan fingerprint density at radius 2 is 1.89 bits per heavy atom. The molecule has 0 saturated heterocycles. The number of hydrogen-bond donors (Lipinski definition) is 0. The molecule has 0 atom stereocenters. The summed E-state index contributed by atoms with van der Waals surface area (Å²) in [5, 5.41) is 0. The molecule has 0 aliphatic carbocycles. The molecular formula is C15H13N3Ti. The van der Waals surface area contributed by atoms with Crippen molar-refractivity contribution in [2.45, 2.75) is 6.54 Å². The van der Waals surface area contributed by atoms with E-state index in [1.807, 2.05) is 42.5 Å². The average molecular weight is 283 g/mol. The maximum Gasteiger partial charge on any atom is 0.160 e.